The van der Waals surface area contributed by atoms with Crippen molar-refractivity contribution in [1.82, 2.24) is 5.32 Å². The van der Waals surface area contributed by atoms with E-state index in [0.29, 0.717) is 37.5 Å². The number of halogens is 1. The van der Waals surface area contributed by atoms with Gasteiger partial charge in [-0.3, -0.25) is 4.79 Å². The third-order valence-corrected chi connectivity index (χ3v) is 4.14. The summed E-state index contributed by atoms with van der Waals surface area (Å²) in [6.45, 7) is 2.85. The highest BCUT2D eigenvalue weighted by Gasteiger charge is 2.09. The lowest BCUT2D eigenvalue weighted by molar-refractivity contribution is -0.121. The summed E-state index contributed by atoms with van der Waals surface area (Å²) in [6.07, 6.45) is 0.983. The van der Waals surface area contributed by atoms with E-state index in [0.717, 1.165) is 16.9 Å². The maximum absolute atomic E-state index is 13.0. The Morgan fingerprint density at radius 1 is 1.07 bits per heavy atom. The molecule has 2 aromatic carbocycles. The Hall–Kier alpha value is -3.08. The van der Waals surface area contributed by atoms with Crippen molar-refractivity contribution in [3.05, 3.63) is 77.8 Å². The molecule has 1 N–H and O–H groups in total. The average Bonchev–Trinajstić information content (AvgIpc) is 3.15. The zero-order chi connectivity index (χ0) is 19.1. The number of hydrogen-bond acceptors (Lipinski definition) is 3. The summed E-state index contributed by atoms with van der Waals surface area (Å²) in [5, 5.41) is 2.86. The first-order chi connectivity index (χ1) is 13.2. The fraction of sp³-hybridized carbons (Fsp3) is 0.227. The molecule has 0 fully saturated rings. The van der Waals surface area contributed by atoms with E-state index in [2.05, 4.69) is 5.32 Å². The fourth-order valence-electron chi connectivity index (χ4n) is 2.77. The SMILES string of the molecule is CCOc1ccccc1CCC(=O)NCc1ccc(-c2ccc(F)cc2)o1. The molecule has 0 aliphatic carbocycles. The quantitative estimate of drug-likeness (QED) is 0.626. The highest BCUT2D eigenvalue weighted by molar-refractivity contribution is 5.76. The van der Waals surface area contributed by atoms with Crippen LogP contribution < -0.4 is 10.1 Å². The van der Waals surface area contributed by atoms with Crippen LogP contribution in [0.15, 0.2) is 65.1 Å². The lowest BCUT2D eigenvalue weighted by Gasteiger charge is -2.09. The molecule has 0 unspecified atom stereocenters. The first kappa shape index (κ1) is 18.7. The molecular formula is C22H22FNO3. The van der Waals surface area contributed by atoms with Gasteiger partial charge in [0, 0.05) is 12.0 Å². The highest BCUT2D eigenvalue weighted by atomic mass is 19.1. The van der Waals surface area contributed by atoms with Gasteiger partial charge < -0.3 is 14.5 Å². The second kappa shape index (κ2) is 9.03. The molecule has 0 atom stereocenters. The molecule has 0 saturated carbocycles. The molecular weight excluding hydrogens is 345 g/mol. The zero-order valence-electron chi connectivity index (χ0n) is 15.2. The van der Waals surface area contributed by atoms with Gasteiger partial charge in [0.05, 0.1) is 13.2 Å². The first-order valence-corrected chi connectivity index (χ1v) is 8.97. The third-order valence-electron chi connectivity index (χ3n) is 4.14. The van der Waals surface area contributed by atoms with Crippen molar-refractivity contribution in [2.45, 2.75) is 26.3 Å². The van der Waals surface area contributed by atoms with E-state index < -0.39 is 0 Å². The molecule has 1 aromatic heterocycles. The average molecular weight is 367 g/mol. The van der Waals surface area contributed by atoms with Crippen molar-refractivity contribution in [3.8, 4) is 17.1 Å². The van der Waals surface area contributed by atoms with Gasteiger partial charge in [0.25, 0.3) is 0 Å². The first-order valence-electron chi connectivity index (χ1n) is 8.97. The molecule has 3 rings (SSSR count). The molecule has 1 amide bonds. The number of rotatable bonds is 8. The van der Waals surface area contributed by atoms with Crippen molar-refractivity contribution >= 4 is 5.91 Å². The monoisotopic (exact) mass is 367 g/mol. The summed E-state index contributed by atoms with van der Waals surface area (Å²) in [4.78, 5) is 12.1. The van der Waals surface area contributed by atoms with Gasteiger partial charge in [-0.05, 0) is 61.4 Å². The summed E-state index contributed by atoms with van der Waals surface area (Å²) in [5.74, 6) is 1.77. The Morgan fingerprint density at radius 2 is 1.85 bits per heavy atom. The number of nitrogens with one attached hydrogen (secondary N) is 1. The summed E-state index contributed by atoms with van der Waals surface area (Å²) in [7, 11) is 0. The lowest BCUT2D eigenvalue weighted by Crippen LogP contribution is -2.22. The predicted molar refractivity (Wildman–Crippen MR) is 102 cm³/mol. The Balaban J connectivity index is 1.50. The van der Waals surface area contributed by atoms with E-state index in [9.17, 15) is 9.18 Å². The minimum absolute atomic E-state index is 0.0546. The number of aryl methyl sites for hydroxylation is 1. The van der Waals surface area contributed by atoms with Crippen LogP contribution in [0.5, 0.6) is 5.75 Å². The van der Waals surface area contributed by atoms with Crippen molar-refractivity contribution in [3.63, 3.8) is 0 Å². The topological polar surface area (TPSA) is 51.5 Å². The van der Waals surface area contributed by atoms with Gasteiger partial charge in [-0.15, -0.1) is 0 Å². The Morgan fingerprint density at radius 3 is 2.63 bits per heavy atom. The van der Waals surface area contributed by atoms with Crippen LogP contribution in [0.2, 0.25) is 0 Å². The van der Waals surface area contributed by atoms with Crippen LogP contribution in [0.3, 0.4) is 0 Å². The molecule has 0 radical (unpaired) electrons. The normalized spacial score (nSPS) is 10.6. The summed E-state index contributed by atoms with van der Waals surface area (Å²) < 4.78 is 24.3. The van der Waals surface area contributed by atoms with Crippen LogP contribution >= 0.6 is 0 Å². The van der Waals surface area contributed by atoms with Crippen LogP contribution in [0, 0.1) is 5.82 Å². The number of hydrogen-bond donors (Lipinski definition) is 1. The molecule has 0 saturated heterocycles. The van der Waals surface area contributed by atoms with Crippen LogP contribution in [-0.2, 0) is 17.8 Å². The predicted octanol–water partition coefficient (Wildman–Crippen LogP) is 4.73. The smallest absolute Gasteiger partial charge is 0.220 e. The molecule has 4 nitrogen and oxygen atoms in total. The number of furan rings is 1. The van der Waals surface area contributed by atoms with Crippen molar-refractivity contribution in [2.75, 3.05) is 6.61 Å². The van der Waals surface area contributed by atoms with E-state index in [1.54, 1.807) is 12.1 Å². The highest BCUT2D eigenvalue weighted by Crippen LogP contribution is 2.22. The Labute approximate surface area is 158 Å². The lowest BCUT2D eigenvalue weighted by atomic mass is 10.1. The van der Waals surface area contributed by atoms with Gasteiger partial charge in [-0.25, -0.2) is 4.39 Å². The second-order valence-corrected chi connectivity index (χ2v) is 6.09. The second-order valence-electron chi connectivity index (χ2n) is 6.09. The van der Waals surface area contributed by atoms with Crippen LogP contribution in [0.4, 0.5) is 4.39 Å². The standard InChI is InChI=1S/C22H22FNO3/c1-2-26-20-6-4-3-5-16(20)9-14-22(25)24-15-19-12-13-21(27-19)17-7-10-18(23)11-8-17/h3-8,10-13H,2,9,14-15H2,1H3,(H,24,25). The molecule has 27 heavy (non-hydrogen) atoms. The minimum atomic E-state index is -0.288. The van der Waals surface area contributed by atoms with Crippen LogP contribution in [-0.4, -0.2) is 12.5 Å². The summed E-state index contributed by atoms with van der Waals surface area (Å²) in [6, 6.07) is 17.5. The number of carbonyl (C=O) groups is 1. The number of ether oxygens (including phenoxy) is 1. The number of carbonyl (C=O) groups excluding carboxylic acids is 1. The Bertz CT molecular complexity index is 887. The van der Waals surface area contributed by atoms with Crippen molar-refractivity contribution in [2.24, 2.45) is 0 Å². The number of amides is 1. The van der Waals surface area contributed by atoms with Crippen LogP contribution in [0.1, 0.15) is 24.7 Å². The zero-order valence-corrected chi connectivity index (χ0v) is 15.2. The van der Waals surface area contributed by atoms with E-state index in [1.165, 1.54) is 12.1 Å². The van der Waals surface area contributed by atoms with Gasteiger partial charge >= 0.3 is 0 Å². The third kappa shape index (κ3) is 5.20. The Kier molecular flexibility index (Phi) is 6.26. The van der Waals surface area contributed by atoms with Gasteiger partial charge in [0.1, 0.15) is 23.1 Å². The molecule has 3 aromatic rings. The molecule has 0 aliphatic rings. The summed E-state index contributed by atoms with van der Waals surface area (Å²) in [5.41, 5.74) is 1.81. The molecule has 0 spiro atoms. The van der Waals surface area contributed by atoms with Gasteiger partial charge in [-0.1, -0.05) is 18.2 Å². The van der Waals surface area contributed by atoms with Crippen LogP contribution in [0.25, 0.3) is 11.3 Å². The molecule has 0 aliphatic heterocycles. The summed E-state index contributed by atoms with van der Waals surface area (Å²) >= 11 is 0. The van der Waals surface area contributed by atoms with Gasteiger partial charge in [0.2, 0.25) is 5.91 Å². The molecule has 5 heteroatoms. The van der Waals surface area contributed by atoms with E-state index in [-0.39, 0.29) is 11.7 Å². The largest absolute Gasteiger partial charge is 0.494 e. The van der Waals surface area contributed by atoms with E-state index >= 15 is 0 Å². The number of benzene rings is 2. The molecule has 0 bridgehead atoms. The number of para-hydroxylation sites is 1. The minimum Gasteiger partial charge on any atom is -0.494 e. The van der Waals surface area contributed by atoms with Gasteiger partial charge in [0.15, 0.2) is 0 Å². The fourth-order valence-corrected chi connectivity index (χ4v) is 2.77. The molecule has 1 heterocycles. The van der Waals surface area contributed by atoms with E-state index in [1.807, 2.05) is 43.3 Å². The van der Waals surface area contributed by atoms with E-state index in [4.69, 9.17) is 9.15 Å². The van der Waals surface area contributed by atoms with Crippen molar-refractivity contribution in [1.29, 1.82) is 0 Å². The maximum Gasteiger partial charge on any atom is 0.220 e. The van der Waals surface area contributed by atoms with Gasteiger partial charge in [-0.2, -0.15) is 0 Å². The maximum atomic E-state index is 13.0. The molecule has 140 valence electrons. The van der Waals surface area contributed by atoms with Crippen molar-refractivity contribution < 1.29 is 18.3 Å².